The molecule has 0 aliphatic heterocycles. The minimum absolute atomic E-state index is 0.0617. The first kappa shape index (κ1) is 10.8. The molecule has 72 valence electrons. The van der Waals surface area contributed by atoms with Crippen LogP contribution in [0.25, 0.3) is 0 Å². The SMILES string of the molecule is CCC(N)c1cc(C)cc(I)c1O. The summed E-state index contributed by atoms with van der Waals surface area (Å²) < 4.78 is 0.872. The molecule has 13 heavy (non-hydrogen) atoms. The summed E-state index contributed by atoms with van der Waals surface area (Å²) in [6.07, 6.45) is 0.840. The van der Waals surface area contributed by atoms with Crippen LogP contribution in [0.5, 0.6) is 5.75 Å². The van der Waals surface area contributed by atoms with Gasteiger partial charge >= 0.3 is 0 Å². The predicted molar refractivity (Wildman–Crippen MR) is 62.8 cm³/mol. The third-order valence-corrected chi connectivity index (χ3v) is 2.90. The van der Waals surface area contributed by atoms with Gasteiger partial charge in [-0.2, -0.15) is 0 Å². The number of phenols is 1. The smallest absolute Gasteiger partial charge is 0.133 e. The first-order valence-electron chi connectivity index (χ1n) is 4.30. The van der Waals surface area contributed by atoms with Crippen LogP contribution in [0.4, 0.5) is 0 Å². The molecule has 0 heterocycles. The van der Waals surface area contributed by atoms with Gasteiger partial charge in [-0.3, -0.25) is 0 Å². The van der Waals surface area contributed by atoms with Crippen LogP contribution in [-0.2, 0) is 0 Å². The molecule has 3 N–H and O–H groups in total. The van der Waals surface area contributed by atoms with Gasteiger partial charge in [0.2, 0.25) is 0 Å². The van der Waals surface area contributed by atoms with E-state index in [2.05, 4.69) is 22.6 Å². The second kappa shape index (κ2) is 4.28. The Bertz CT molecular complexity index is 312. The molecule has 1 unspecified atom stereocenters. The fraction of sp³-hybridized carbons (Fsp3) is 0.400. The van der Waals surface area contributed by atoms with Crippen LogP contribution in [0.1, 0.15) is 30.5 Å². The fourth-order valence-electron chi connectivity index (χ4n) is 1.26. The molecule has 2 nitrogen and oxygen atoms in total. The van der Waals surface area contributed by atoms with Gasteiger partial charge in [-0.05, 0) is 47.6 Å². The van der Waals surface area contributed by atoms with Gasteiger partial charge in [-0.25, -0.2) is 0 Å². The Morgan fingerprint density at radius 3 is 2.69 bits per heavy atom. The van der Waals surface area contributed by atoms with Crippen LogP contribution in [0.15, 0.2) is 12.1 Å². The summed E-state index contributed by atoms with van der Waals surface area (Å²) in [5.41, 5.74) is 7.86. The zero-order valence-corrected chi connectivity index (χ0v) is 10.00. The van der Waals surface area contributed by atoms with Gasteiger partial charge < -0.3 is 10.8 Å². The number of phenolic OH excluding ortho intramolecular Hbond substituents is 1. The molecule has 0 spiro atoms. The third-order valence-electron chi connectivity index (χ3n) is 2.08. The van der Waals surface area contributed by atoms with Crippen LogP contribution in [0.3, 0.4) is 0 Å². The molecular formula is C10H14INO. The second-order valence-electron chi connectivity index (χ2n) is 3.20. The van der Waals surface area contributed by atoms with Crippen LogP contribution in [-0.4, -0.2) is 5.11 Å². The summed E-state index contributed by atoms with van der Waals surface area (Å²) in [5, 5.41) is 9.74. The lowest BCUT2D eigenvalue weighted by Gasteiger charge is -2.13. The Hall–Kier alpha value is -0.290. The molecule has 0 aromatic heterocycles. The molecule has 0 saturated carbocycles. The molecule has 0 aliphatic carbocycles. The van der Waals surface area contributed by atoms with Crippen molar-refractivity contribution in [1.82, 2.24) is 0 Å². The Morgan fingerprint density at radius 1 is 1.54 bits per heavy atom. The van der Waals surface area contributed by atoms with Crippen molar-refractivity contribution in [2.24, 2.45) is 5.73 Å². The lowest BCUT2D eigenvalue weighted by molar-refractivity contribution is 0.456. The Morgan fingerprint density at radius 2 is 2.15 bits per heavy atom. The maximum atomic E-state index is 9.74. The number of aromatic hydroxyl groups is 1. The number of benzene rings is 1. The highest BCUT2D eigenvalue weighted by molar-refractivity contribution is 14.1. The maximum absolute atomic E-state index is 9.74. The number of hydrogen-bond donors (Lipinski definition) is 2. The second-order valence-corrected chi connectivity index (χ2v) is 4.36. The maximum Gasteiger partial charge on any atom is 0.133 e. The molecular weight excluding hydrogens is 277 g/mol. The monoisotopic (exact) mass is 291 g/mol. The highest BCUT2D eigenvalue weighted by atomic mass is 127. The molecule has 1 aromatic carbocycles. The minimum Gasteiger partial charge on any atom is -0.506 e. The quantitative estimate of drug-likeness (QED) is 0.823. The van der Waals surface area contributed by atoms with Crippen molar-refractivity contribution >= 4 is 22.6 Å². The van der Waals surface area contributed by atoms with Crippen molar-refractivity contribution in [3.05, 3.63) is 26.8 Å². The number of hydrogen-bond acceptors (Lipinski definition) is 2. The highest BCUT2D eigenvalue weighted by Gasteiger charge is 2.11. The van der Waals surface area contributed by atoms with Crippen LogP contribution in [0.2, 0.25) is 0 Å². The highest BCUT2D eigenvalue weighted by Crippen LogP contribution is 2.30. The third kappa shape index (κ3) is 2.34. The van der Waals surface area contributed by atoms with Gasteiger partial charge in [-0.15, -0.1) is 0 Å². The summed E-state index contributed by atoms with van der Waals surface area (Å²) in [7, 11) is 0. The lowest BCUT2D eigenvalue weighted by Crippen LogP contribution is -2.09. The number of aryl methyl sites for hydroxylation is 1. The van der Waals surface area contributed by atoms with E-state index in [1.54, 1.807) is 0 Å². The largest absolute Gasteiger partial charge is 0.506 e. The topological polar surface area (TPSA) is 46.2 Å². The molecule has 0 aliphatic rings. The first-order chi connectivity index (χ1) is 6.06. The van der Waals surface area contributed by atoms with Crippen molar-refractivity contribution in [1.29, 1.82) is 0 Å². The van der Waals surface area contributed by atoms with E-state index in [-0.39, 0.29) is 6.04 Å². The van der Waals surface area contributed by atoms with E-state index < -0.39 is 0 Å². The Labute approximate surface area is 92.3 Å². The van der Waals surface area contributed by atoms with Gasteiger partial charge in [-0.1, -0.05) is 13.0 Å². The van der Waals surface area contributed by atoms with Gasteiger partial charge in [0.05, 0.1) is 3.57 Å². The zero-order chi connectivity index (χ0) is 10.0. The van der Waals surface area contributed by atoms with Crippen molar-refractivity contribution < 1.29 is 5.11 Å². The molecule has 1 aromatic rings. The van der Waals surface area contributed by atoms with Crippen molar-refractivity contribution in [2.45, 2.75) is 26.3 Å². The van der Waals surface area contributed by atoms with Crippen LogP contribution >= 0.6 is 22.6 Å². The summed E-state index contributed by atoms with van der Waals surface area (Å²) in [6.45, 7) is 4.02. The van der Waals surface area contributed by atoms with E-state index in [0.29, 0.717) is 5.75 Å². The van der Waals surface area contributed by atoms with E-state index in [0.717, 1.165) is 21.1 Å². The molecule has 0 radical (unpaired) electrons. The summed E-state index contributed by atoms with van der Waals surface area (Å²) in [4.78, 5) is 0. The fourth-order valence-corrected chi connectivity index (χ4v) is 2.07. The average Bonchev–Trinajstić information content (AvgIpc) is 2.10. The van der Waals surface area contributed by atoms with Crippen LogP contribution < -0.4 is 5.73 Å². The van der Waals surface area contributed by atoms with Crippen molar-refractivity contribution in [2.75, 3.05) is 0 Å². The minimum atomic E-state index is -0.0617. The zero-order valence-electron chi connectivity index (χ0n) is 7.84. The van der Waals surface area contributed by atoms with Crippen molar-refractivity contribution in [3.63, 3.8) is 0 Å². The van der Waals surface area contributed by atoms with E-state index in [1.165, 1.54) is 0 Å². The van der Waals surface area contributed by atoms with Crippen molar-refractivity contribution in [3.8, 4) is 5.75 Å². The summed E-state index contributed by atoms with van der Waals surface area (Å²) in [5.74, 6) is 0.334. The van der Waals surface area contributed by atoms with E-state index in [1.807, 2.05) is 26.0 Å². The van der Waals surface area contributed by atoms with Gasteiger partial charge in [0, 0.05) is 11.6 Å². The standard InChI is InChI=1S/C10H14INO/c1-3-9(12)7-4-6(2)5-8(11)10(7)13/h4-5,9,13H,3,12H2,1-2H3. The van der Waals surface area contributed by atoms with E-state index >= 15 is 0 Å². The average molecular weight is 291 g/mol. The number of halogens is 1. The van der Waals surface area contributed by atoms with E-state index in [9.17, 15) is 5.11 Å². The molecule has 0 amide bonds. The normalized spacial score (nSPS) is 12.9. The summed E-state index contributed by atoms with van der Waals surface area (Å²) in [6, 6.07) is 3.83. The molecule has 1 atom stereocenters. The molecule has 0 saturated heterocycles. The molecule has 0 fully saturated rings. The predicted octanol–water partition coefficient (Wildman–Crippen LogP) is 2.72. The summed E-state index contributed by atoms with van der Waals surface area (Å²) >= 11 is 2.12. The first-order valence-corrected chi connectivity index (χ1v) is 5.38. The molecule has 1 rings (SSSR count). The Kier molecular flexibility index (Phi) is 3.55. The lowest BCUT2D eigenvalue weighted by atomic mass is 10.0. The van der Waals surface area contributed by atoms with Gasteiger partial charge in [0.25, 0.3) is 0 Å². The van der Waals surface area contributed by atoms with Gasteiger partial charge in [0.15, 0.2) is 0 Å². The van der Waals surface area contributed by atoms with Gasteiger partial charge in [0.1, 0.15) is 5.75 Å². The molecule has 3 heteroatoms. The molecule has 0 bridgehead atoms. The number of rotatable bonds is 2. The number of nitrogens with two attached hydrogens (primary N) is 1. The van der Waals surface area contributed by atoms with Crippen LogP contribution in [0, 0.1) is 10.5 Å². The Balaban J connectivity index is 3.20. The van der Waals surface area contributed by atoms with E-state index in [4.69, 9.17) is 5.73 Å².